The standard InChI is InChI=1S/C27H27N3O5/c1-2-18-4-6-19(7-5-18)24-23(25(31)20-8-9-21-22(16-20)35-15-14-34-21)26(32)27(33)30(24)12-3-11-29-13-10-28-17-29/h4-10,13,16-17,24,31H,2-3,11-12,14-15H2,1H3/b25-23+. The Morgan fingerprint density at radius 3 is 2.54 bits per heavy atom. The summed E-state index contributed by atoms with van der Waals surface area (Å²) < 4.78 is 13.1. The molecule has 1 amide bonds. The Kier molecular flexibility index (Phi) is 6.27. The summed E-state index contributed by atoms with van der Waals surface area (Å²) in [5.41, 5.74) is 2.42. The molecule has 0 spiro atoms. The number of rotatable bonds is 7. The van der Waals surface area contributed by atoms with E-state index in [1.165, 1.54) is 0 Å². The zero-order valence-electron chi connectivity index (χ0n) is 19.5. The van der Waals surface area contributed by atoms with Gasteiger partial charge >= 0.3 is 0 Å². The van der Waals surface area contributed by atoms with Crippen LogP contribution in [0.15, 0.2) is 66.8 Å². The first-order valence-corrected chi connectivity index (χ1v) is 11.8. The summed E-state index contributed by atoms with van der Waals surface area (Å²) in [7, 11) is 0. The third-order valence-corrected chi connectivity index (χ3v) is 6.43. The second-order valence-electron chi connectivity index (χ2n) is 8.60. The van der Waals surface area contributed by atoms with Crippen molar-refractivity contribution in [1.82, 2.24) is 14.5 Å². The average molecular weight is 474 g/mol. The van der Waals surface area contributed by atoms with Crippen LogP contribution in [0.2, 0.25) is 0 Å². The van der Waals surface area contributed by atoms with Crippen molar-refractivity contribution in [3.63, 3.8) is 0 Å². The van der Waals surface area contributed by atoms with Crippen LogP contribution in [0.1, 0.15) is 36.1 Å². The van der Waals surface area contributed by atoms with E-state index in [0.717, 1.165) is 17.5 Å². The minimum Gasteiger partial charge on any atom is -0.507 e. The Hall–Kier alpha value is -4.07. The molecule has 0 aliphatic carbocycles. The van der Waals surface area contributed by atoms with Gasteiger partial charge < -0.3 is 24.0 Å². The quantitative estimate of drug-likeness (QED) is 0.319. The van der Waals surface area contributed by atoms with Crippen LogP contribution in [-0.2, 0) is 22.6 Å². The molecular weight excluding hydrogens is 446 g/mol. The van der Waals surface area contributed by atoms with Crippen LogP contribution < -0.4 is 9.47 Å². The smallest absolute Gasteiger partial charge is 0.295 e. The van der Waals surface area contributed by atoms with Crippen LogP contribution in [0.5, 0.6) is 11.5 Å². The number of Topliss-reactive ketones (excluding diaryl/α,β-unsaturated/α-hetero) is 1. The van der Waals surface area contributed by atoms with Gasteiger partial charge in [0.1, 0.15) is 19.0 Å². The van der Waals surface area contributed by atoms with Gasteiger partial charge in [0, 0.05) is 31.0 Å². The number of aliphatic hydroxyl groups excluding tert-OH is 1. The summed E-state index contributed by atoms with van der Waals surface area (Å²) in [6.45, 7) is 3.95. The molecule has 1 fully saturated rings. The van der Waals surface area contributed by atoms with Gasteiger partial charge in [-0.25, -0.2) is 4.98 Å². The fourth-order valence-electron chi connectivity index (χ4n) is 4.58. The number of aliphatic hydroxyl groups is 1. The molecule has 3 aromatic rings. The number of likely N-dealkylation sites (tertiary alicyclic amines) is 1. The molecule has 8 nitrogen and oxygen atoms in total. The number of hydrogen-bond donors (Lipinski definition) is 1. The molecule has 1 N–H and O–H groups in total. The number of amides is 1. The molecule has 5 rings (SSSR count). The highest BCUT2D eigenvalue weighted by Crippen LogP contribution is 2.41. The van der Waals surface area contributed by atoms with E-state index in [2.05, 4.69) is 11.9 Å². The minimum absolute atomic E-state index is 0.0820. The van der Waals surface area contributed by atoms with E-state index in [4.69, 9.17) is 9.47 Å². The van der Waals surface area contributed by atoms with E-state index in [1.54, 1.807) is 35.6 Å². The van der Waals surface area contributed by atoms with Crippen molar-refractivity contribution in [2.24, 2.45) is 0 Å². The Bertz CT molecular complexity index is 1260. The molecule has 1 saturated heterocycles. The second-order valence-corrected chi connectivity index (χ2v) is 8.60. The van der Waals surface area contributed by atoms with Crippen LogP contribution in [-0.4, -0.2) is 51.0 Å². The van der Waals surface area contributed by atoms with Crippen molar-refractivity contribution in [3.8, 4) is 11.5 Å². The first-order valence-electron chi connectivity index (χ1n) is 11.8. The third-order valence-electron chi connectivity index (χ3n) is 6.43. The molecule has 2 aliphatic heterocycles. The first kappa shape index (κ1) is 22.7. The lowest BCUT2D eigenvalue weighted by atomic mass is 9.94. The number of carbonyl (C=O) groups excluding carboxylic acids is 2. The predicted octanol–water partition coefficient (Wildman–Crippen LogP) is 3.73. The van der Waals surface area contributed by atoms with Crippen LogP contribution in [0, 0.1) is 0 Å². The Labute approximate surface area is 203 Å². The van der Waals surface area contributed by atoms with E-state index in [1.807, 2.05) is 35.0 Å². The molecular formula is C27H27N3O5. The SMILES string of the molecule is CCc1ccc(C2/C(=C(\O)c3ccc4c(c3)OCCO4)C(=O)C(=O)N2CCCn2ccnc2)cc1. The van der Waals surface area contributed by atoms with Crippen LogP contribution in [0.4, 0.5) is 0 Å². The fraction of sp³-hybridized carbons (Fsp3) is 0.296. The lowest BCUT2D eigenvalue weighted by molar-refractivity contribution is -0.139. The van der Waals surface area contributed by atoms with Gasteiger partial charge in [-0.05, 0) is 42.2 Å². The summed E-state index contributed by atoms with van der Waals surface area (Å²) >= 11 is 0. The second kappa shape index (κ2) is 9.66. The number of ether oxygens (including phenoxy) is 2. The van der Waals surface area contributed by atoms with E-state index < -0.39 is 17.7 Å². The first-order chi connectivity index (χ1) is 17.1. The predicted molar refractivity (Wildman–Crippen MR) is 129 cm³/mol. The normalized spacial score (nSPS) is 18.8. The monoisotopic (exact) mass is 473 g/mol. The number of carbonyl (C=O) groups is 2. The maximum absolute atomic E-state index is 13.2. The Morgan fingerprint density at radius 2 is 1.83 bits per heavy atom. The molecule has 3 heterocycles. The minimum atomic E-state index is -0.690. The van der Waals surface area contributed by atoms with E-state index in [0.29, 0.717) is 49.8 Å². The summed E-state index contributed by atoms with van der Waals surface area (Å²) in [6.07, 6.45) is 6.79. The molecule has 1 atom stereocenters. The number of fused-ring (bicyclic) bond motifs is 1. The van der Waals surface area contributed by atoms with Crippen LogP contribution >= 0.6 is 0 Å². The molecule has 2 aromatic carbocycles. The van der Waals surface area contributed by atoms with Gasteiger partial charge in [0.2, 0.25) is 0 Å². The molecule has 1 unspecified atom stereocenters. The summed E-state index contributed by atoms with van der Waals surface area (Å²) in [5, 5.41) is 11.3. The highest BCUT2D eigenvalue weighted by molar-refractivity contribution is 6.46. The van der Waals surface area contributed by atoms with Gasteiger partial charge in [-0.15, -0.1) is 0 Å². The molecule has 180 valence electrons. The lowest BCUT2D eigenvalue weighted by Crippen LogP contribution is -2.31. The molecule has 2 aliphatic rings. The number of imidazole rings is 1. The van der Waals surface area contributed by atoms with Crippen molar-refractivity contribution in [2.75, 3.05) is 19.8 Å². The largest absolute Gasteiger partial charge is 0.507 e. The Morgan fingerprint density at radius 1 is 1.06 bits per heavy atom. The molecule has 0 radical (unpaired) electrons. The average Bonchev–Trinajstić information content (AvgIpc) is 3.50. The van der Waals surface area contributed by atoms with Gasteiger partial charge in [0.05, 0.1) is 17.9 Å². The highest BCUT2D eigenvalue weighted by Gasteiger charge is 2.45. The maximum atomic E-state index is 13.2. The van der Waals surface area contributed by atoms with Crippen molar-refractivity contribution in [3.05, 3.63) is 83.4 Å². The zero-order chi connectivity index (χ0) is 24.4. The van der Waals surface area contributed by atoms with Gasteiger partial charge in [0.15, 0.2) is 11.5 Å². The molecule has 0 saturated carbocycles. The molecule has 1 aromatic heterocycles. The number of hydrogen-bond acceptors (Lipinski definition) is 6. The number of aryl methyl sites for hydroxylation is 2. The van der Waals surface area contributed by atoms with E-state index in [-0.39, 0.29) is 11.3 Å². The van der Waals surface area contributed by atoms with Crippen molar-refractivity contribution in [1.29, 1.82) is 0 Å². The van der Waals surface area contributed by atoms with Crippen molar-refractivity contribution in [2.45, 2.75) is 32.4 Å². The summed E-state index contributed by atoms with van der Waals surface area (Å²) in [6, 6.07) is 12.2. The number of ketones is 1. The molecule has 0 bridgehead atoms. The van der Waals surface area contributed by atoms with Crippen molar-refractivity contribution < 1.29 is 24.2 Å². The fourth-order valence-corrected chi connectivity index (χ4v) is 4.58. The van der Waals surface area contributed by atoms with E-state index >= 15 is 0 Å². The molecule has 8 heteroatoms. The van der Waals surface area contributed by atoms with Crippen LogP contribution in [0.25, 0.3) is 5.76 Å². The Balaban J connectivity index is 1.53. The van der Waals surface area contributed by atoms with Gasteiger partial charge in [-0.2, -0.15) is 0 Å². The molecule has 35 heavy (non-hydrogen) atoms. The third kappa shape index (κ3) is 4.39. The van der Waals surface area contributed by atoms with Gasteiger partial charge in [-0.1, -0.05) is 31.2 Å². The van der Waals surface area contributed by atoms with Gasteiger partial charge in [0.25, 0.3) is 11.7 Å². The van der Waals surface area contributed by atoms with Crippen molar-refractivity contribution >= 4 is 17.4 Å². The van der Waals surface area contributed by atoms with Crippen LogP contribution in [0.3, 0.4) is 0 Å². The maximum Gasteiger partial charge on any atom is 0.295 e. The zero-order valence-corrected chi connectivity index (χ0v) is 19.5. The number of nitrogens with zero attached hydrogens (tertiary/aromatic N) is 3. The highest BCUT2D eigenvalue weighted by atomic mass is 16.6. The lowest BCUT2D eigenvalue weighted by Gasteiger charge is -2.26. The topological polar surface area (TPSA) is 93.9 Å². The summed E-state index contributed by atoms with van der Waals surface area (Å²) in [4.78, 5) is 32.0. The number of aromatic nitrogens is 2. The van der Waals surface area contributed by atoms with E-state index in [9.17, 15) is 14.7 Å². The number of benzene rings is 2. The van der Waals surface area contributed by atoms with Gasteiger partial charge in [-0.3, -0.25) is 9.59 Å². The summed E-state index contributed by atoms with van der Waals surface area (Å²) in [5.74, 6) is -0.441.